The predicted molar refractivity (Wildman–Crippen MR) is 79.7 cm³/mol. The van der Waals surface area contributed by atoms with Crippen molar-refractivity contribution in [1.29, 1.82) is 0 Å². The van der Waals surface area contributed by atoms with Crippen LogP contribution in [-0.2, 0) is 16.0 Å². The van der Waals surface area contributed by atoms with Crippen molar-refractivity contribution in [2.45, 2.75) is 39.2 Å². The van der Waals surface area contributed by atoms with Crippen molar-refractivity contribution in [3.63, 3.8) is 0 Å². The van der Waals surface area contributed by atoms with Crippen molar-refractivity contribution in [3.05, 3.63) is 23.5 Å². The lowest BCUT2D eigenvalue weighted by molar-refractivity contribution is -0.116. The fourth-order valence-electron chi connectivity index (χ4n) is 2.10. The number of fused-ring (bicyclic) bond motifs is 1. The molecule has 21 heavy (non-hydrogen) atoms. The normalized spacial score (nSPS) is 15.1. The lowest BCUT2D eigenvalue weighted by Gasteiger charge is -2.18. The zero-order valence-electron chi connectivity index (χ0n) is 12.3. The van der Waals surface area contributed by atoms with Crippen LogP contribution in [0.4, 0.5) is 15.8 Å². The Morgan fingerprint density at radius 1 is 1.43 bits per heavy atom. The first-order chi connectivity index (χ1) is 9.99. The minimum Gasteiger partial charge on any atom is -0.326 e. The zero-order chi connectivity index (χ0) is 15.4. The number of rotatable bonds is 5. The van der Waals surface area contributed by atoms with Gasteiger partial charge in [-0.25, -0.2) is 4.39 Å². The van der Waals surface area contributed by atoms with Crippen LogP contribution in [0.25, 0.3) is 0 Å². The highest BCUT2D eigenvalue weighted by molar-refractivity contribution is 5.97. The lowest BCUT2D eigenvalue weighted by Crippen LogP contribution is -2.34. The van der Waals surface area contributed by atoms with E-state index in [1.807, 2.05) is 13.8 Å². The van der Waals surface area contributed by atoms with Crippen LogP contribution in [0.1, 0.15) is 32.3 Å². The van der Waals surface area contributed by atoms with Crippen LogP contribution in [0.3, 0.4) is 0 Å². The maximum atomic E-state index is 14.0. The number of nitrogens with one attached hydrogen (secondary N) is 3. The third-order valence-electron chi connectivity index (χ3n) is 3.59. The number of carbonyl (C=O) groups excluding carboxylic acids is 2. The van der Waals surface area contributed by atoms with Crippen molar-refractivity contribution < 1.29 is 14.0 Å². The molecule has 2 rings (SSSR count). The third-order valence-corrected chi connectivity index (χ3v) is 3.59. The molecule has 114 valence electrons. The van der Waals surface area contributed by atoms with Crippen LogP contribution in [-0.4, -0.2) is 24.4 Å². The van der Waals surface area contributed by atoms with Gasteiger partial charge >= 0.3 is 0 Å². The second-order valence-corrected chi connectivity index (χ2v) is 5.28. The first-order valence-electron chi connectivity index (χ1n) is 7.15. The standard InChI is InChI=1S/C15H20FN3O2/c1-3-9(2)17-8-15(21)19-13-7-12-10(6-11(13)16)4-5-14(20)18-12/h6-7,9,17H,3-5,8H2,1-2H3,(H,18,20)(H,19,21). The monoisotopic (exact) mass is 293 g/mol. The number of hydrogen-bond acceptors (Lipinski definition) is 3. The molecule has 1 heterocycles. The Balaban J connectivity index is 2.05. The molecule has 0 fully saturated rings. The maximum absolute atomic E-state index is 14.0. The molecule has 1 aliphatic rings. The largest absolute Gasteiger partial charge is 0.326 e. The van der Waals surface area contributed by atoms with E-state index >= 15 is 0 Å². The third kappa shape index (κ3) is 4.01. The van der Waals surface area contributed by atoms with E-state index in [-0.39, 0.29) is 30.1 Å². The molecule has 2 amide bonds. The van der Waals surface area contributed by atoms with Gasteiger partial charge in [-0.05, 0) is 37.5 Å². The lowest BCUT2D eigenvalue weighted by atomic mass is 10.0. The molecule has 3 N–H and O–H groups in total. The van der Waals surface area contributed by atoms with Crippen LogP contribution in [0.5, 0.6) is 0 Å². The number of anilines is 2. The van der Waals surface area contributed by atoms with Crippen molar-refractivity contribution >= 4 is 23.2 Å². The molecule has 0 bridgehead atoms. The summed E-state index contributed by atoms with van der Waals surface area (Å²) in [7, 11) is 0. The van der Waals surface area contributed by atoms with Crippen LogP contribution in [0, 0.1) is 5.82 Å². The topological polar surface area (TPSA) is 70.2 Å². The van der Waals surface area contributed by atoms with Crippen LogP contribution in [0.2, 0.25) is 0 Å². The summed E-state index contributed by atoms with van der Waals surface area (Å²) < 4.78 is 14.0. The average Bonchev–Trinajstić information content (AvgIpc) is 2.46. The maximum Gasteiger partial charge on any atom is 0.238 e. The van der Waals surface area contributed by atoms with E-state index in [4.69, 9.17) is 0 Å². The number of hydrogen-bond donors (Lipinski definition) is 3. The van der Waals surface area contributed by atoms with Crippen LogP contribution >= 0.6 is 0 Å². The summed E-state index contributed by atoms with van der Waals surface area (Å²) in [5.74, 6) is -0.886. The van der Waals surface area contributed by atoms with Crippen molar-refractivity contribution in [2.75, 3.05) is 17.2 Å². The van der Waals surface area contributed by atoms with Crippen molar-refractivity contribution in [2.24, 2.45) is 0 Å². The Morgan fingerprint density at radius 3 is 2.90 bits per heavy atom. The minimum absolute atomic E-state index is 0.0897. The summed E-state index contributed by atoms with van der Waals surface area (Å²) in [5, 5.41) is 8.25. The molecule has 1 aliphatic heterocycles. The second kappa shape index (κ2) is 6.67. The van der Waals surface area contributed by atoms with Crippen LogP contribution in [0.15, 0.2) is 12.1 Å². The molecule has 5 nitrogen and oxygen atoms in total. The van der Waals surface area contributed by atoms with Crippen molar-refractivity contribution in [3.8, 4) is 0 Å². The van der Waals surface area contributed by atoms with Gasteiger partial charge < -0.3 is 16.0 Å². The van der Waals surface area contributed by atoms with Crippen molar-refractivity contribution in [1.82, 2.24) is 5.32 Å². The van der Waals surface area contributed by atoms with Crippen LogP contribution < -0.4 is 16.0 Å². The number of halogens is 1. The number of amides is 2. The van der Waals surface area contributed by atoms with E-state index in [0.29, 0.717) is 18.5 Å². The Labute approximate surface area is 123 Å². The smallest absolute Gasteiger partial charge is 0.238 e. The molecule has 0 spiro atoms. The van der Waals surface area contributed by atoms with Gasteiger partial charge in [-0.3, -0.25) is 9.59 Å². The average molecular weight is 293 g/mol. The van der Waals surface area contributed by atoms with E-state index in [9.17, 15) is 14.0 Å². The first kappa shape index (κ1) is 15.4. The Bertz CT molecular complexity index is 560. The van der Waals surface area contributed by atoms with Gasteiger partial charge in [-0.2, -0.15) is 0 Å². The molecule has 0 saturated carbocycles. The summed E-state index contributed by atoms with van der Waals surface area (Å²) in [6.07, 6.45) is 1.78. The summed E-state index contributed by atoms with van der Waals surface area (Å²) in [6, 6.07) is 3.07. The number of benzene rings is 1. The molecular formula is C15H20FN3O2. The predicted octanol–water partition coefficient (Wildman–Crippen LogP) is 2.04. The molecule has 0 saturated heterocycles. The summed E-state index contributed by atoms with van der Waals surface area (Å²) in [5.41, 5.74) is 1.41. The Hall–Kier alpha value is -1.95. The van der Waals surface area contributed by atoms with Gasteiger partial charge in [0.25, 0.3) is 0 Å². The molecule has 0 aliphatic carbocycles. The van der Waals surface area contributed by atoms with E-state index < -0.39 is 5.82 Å². The van der Waals surface area contributed by atoms with Gasteiger partial charge in [0.1, 0.15) is 5.82 Å². The van der Waals surface area contributed by atoms with E-state index in [1.54, 1.807) is 0 Å². The fourth-order valence-corrected chi connectivity index (χ4v) is 2.10. The summed E-state index contributed by atoms with van der Waals surface area (Å²) >= 11 is 0. The molecule has 0 radical (unpaired) electrons. The summed E-state index contributed by atoms with van der Waals surface area (Å²) in [6.45, 7) is 4.11. The highest BCUT2D eigenvalue weighted by atomic mass is 19.1. The molecule has 0 aromatic heterocycles. The molecule has 1 aromatic carbocycles. The second-order valence-electron chi connectivity index (χ2n) is 5.28. The van der Waals surface area contributed by atoms with Gasteiger partial charge in [0.05, 0.1) is 12.2 Å². The van der Waals surface area contributed by atoms with Gasteiger partial charge in [0.2, 0.25) is 11.8 Å². The SMILES string of the molecule is CCC(C)NCC(=O)Nc1cc2c(cc1F)CCC(=O)N2. The molecule has 6 heteroatoms. The number of carbonyl (C=O) groups is 2. The van der Waals surface area contributed by atoms with E-state index in [0.717, 1.165) is 12.0 Å². The van der Waals surface area contributed by atoms with Gasteiger partial charge in [0, 0.05) is 18.2 Å². The van der Waals surface area contributed by atoms with E-state index in [1.165, 1.54) is 12.1 Å². The Kier molecular flexibility index (Phi) is 4.90. The highest BCUT2D eigenvalue weighted by Gasteiger charge is 2.18. The fraction of sp³-hybridized carbons (Fsp3) is 0.467. The van der Waals surface area contributed by atoms with Gasteiger partial charge in [0.15, 0.2) is 0 Å². The highest BCUT2D eigenvalue weighted by Crippen LogP contribution is 2.28. The Morgan fingerprint density at radius 2 is 2.19 bits per heavy atom. The zero-order valence-corrected chi connectivity index (χ0v) is 12.3. The molecule has 1 atom stereocenters. The molecular weight excluding hydrogens is 273 g/mol. The molecule has 1 aromatic rings. The van der Waals surface area contributed by atoms with Gasteiger partial charge in [-0.15, -0.1) is 0 Å². The summed E-state index contributed by atoms with van der Waals surface area (Å²) in [4.78, 5) is 23.1. The number of aryl methyl sites for hydroxylation is 1. The quantitative estimate of drug-likeness (QED) is 0.778. The minimum atomic E-state index is -0.484. The first-order valence-corrected chi connectivity index (χ1v) is 7.15. The molecule has 1 unspecified atom stereocenters. The van der Waals surface area contributed by atoms with E-state index in [2.05, 4.69) is 16.0 Å². The van der Waals surface area contributed by atoms with Gasteiger partial charge in [-0.1, -0.05) is 6.92 Å².